The highest BCUT2D eigenvalue weighted by Crippen LogP contribution is 2.60. The minimum absolute atomic E-state index is 0.0682. The van der Waals surface area contributed by atoms with Gasteiger partial charge in [0.2, 0.25) is 0 Å². The van der Waals surface area contributed by atoms with Crippen LogP contribution in [0.1, 0.15) is 104 Å². The summed E-state index contributed by atoms with van der Waals surface area (Å²) < 4.78 is 22.0. The van der Waals surface area contributed by atoms with Crippen molar-refractivity contribution in [3.63, 3.8) is 0 Å². The lowest BCUT2D eigenvalue weighted by atomic mass is 9.50. The topological polar surface area (TPSA) is 125 Å². The molecule has 1 saturated heterocycles. The van der Waals surface area contributed by atoms with Gasteiger partial charge in [0.1, 0.15) is 23.4 Å². The second-order valence-electron chi connectivity index (χ2n) is 17.7. The first-order valence-corrected chi connectivity index (χ1v) is 18.6. The maximum atomic E-state index is 11.8. The number of hydrogen-bond donors (Lipinski definition) is 1. The molecule has 0 radical (unpaired) electrons. The van der Waals surface area contributed by atoms with E-state index in [0.717, 1.165) is 56.4 Å². The highest BCUT2D eigenvalue weighted by atomic mass is 16.6. The molecule has 10 saturated carbocycles. The van der Waals surface area contributed by atoms with Gasteiger partial charge >= 0.3 is 23.9 Å². The average molecular weight is 679 g/mol. The minimum atomic E-state index is -0.570. The van der Waals surface area contributed by atoms with E-state index in [9.17, 15) is 24.3 Å². The van der Waals surface area contributed by atoms with Crippen LogP contribution in [0.3, 0.4) is 0 Å². The lowest BCUT2D eigenvalue weighted by Crippen LogP contribution is -2.60. The van der Waals surface area contributed by atoms with E-state index in [-0.39, 0.29) is 47.6 Å². The van der Waals surface area contributed by atoms with Gasteiger partial charge in [-0.25, -0.2) is 14.4 Å². The predicted octanol–water partition coefficient (Wildman–Crippen LogP) is 6.18. The predicted molar refractivity (Wildman–Crippen MR) is 179 cm³/mol. The monoisotopic (exact) mass is 678 g/mol. The van der Waals surface area contributed by atoms with Gasteiger partial charge in [0.05, 0.1) is 11.5 Å². The molecule has 7 unspecified atom stereocenters. The molecule has 9 nitrogen and oxygen atoms in total. The Hall–Kier alpha value is -2.94. The van der Waals surface area contributed by atoms with Crippen molar-refractivity contribution in [2.24, 2.45) is 53.3 Å². The summed E-state index contributed by atoms with van der Waals surface area (Å²) in [5.74, 6) is 3.74. The van der Waals surface area contributed by atoms with Gasteiger partial charge in [-0.1, -0.05) is 19.7 Å². The number of rotatable bonds is 6. The van der Waals surface area contributed by atoms with Crippen LogP contribution in [0, 0.1) is 53.3 Å². The summed E-state index contributed by atoms with van der Waals surface area (Å²) >= 11 is 0. The molecule has 268 valence electrons. The van der Waals surface area contributed by atoms with Crippen molar-refractivity contribution >= 4 is 23.9 Å². The molecule has 0 aromatic carbocycles. The summed E-state index contributed by atoms with van der Waals surface area (Å²) in [4.78, 5) is 46.1. The lowest BCUT2D eigenvalue weighted by Gasteiger charge is -2.59. The number of hydrogen-bond acceptors (Lipinski definition) is 9. The highest BCUT2D eigenvalue weighted by Gasteiger charge is 2.63. The largest absolute Gasteiger partial charge is 0.458 e. The lowest BCUT2D eigenvalue weighted by molar-refractivity contribution is -0.217. The molecule has 0 amide bonds. The van der Waals surface area contributed by atoms with Crippen molar-refractivity contribution in [1.29, 1.82) is 0 Å². The Kier molecular flexibility index (Phi) is 8.72. The summed E-state index contributed by atoms with van der Waals surface area (Å²) in [6, 6.07) is 0. The van der Waals surface area contributed by atoms with Crippen molar-refractivity contribution in [3.05, 3.63) is 37.0 Å². The van der Waals surface area contributed by atoms with E-state index in [1.807, 2.05) is 0 Å². The molecule has 11 rings (SSSR count). The number of carbonyl (C=O) groups is 4. The van der Waals surface area contributed by atoms with Crippen LogP contribution in [-0.4, -0.2) is 58.0 Å². The first-order valence-electron chi connectivity index (χ1n) is 18.6. The molecule has 0 aromatic heterocycles. The zero-order valence-electron chi connectivity index (χ0n) is 29.5. The standard InChI is InChI=1S/C15H22O2.C14H20O3.C11H12O4/c1-9(2)14(16)17-15(3)12-5-10-4-11(7-12)8-13(15)6-10;1-9(2)12(15)17-14-6-10-3-11(7-14)5-13(16,4-10)8-14;1-2-8(12)14-9-5-3-6-7(4-5)11(13)15-10(6)9/h10-13H,1,4-8H2,2-3H3;10-11,16H,1,3-8H2,2H3;2,5-7,9-10H,1,3-4H2. The van der Waals surface area contributed by atoms with Crippen LogP contribution in [0.2, 0.25) is 0 Å². The first kappa shape index (κ1) is 34.5. The van der Waals surface area contributed by atoms with Crippen molar-refractivity contribution in [2.75, 3.05) is 0 Å². The third kappa shape index (κ3) is 6.31. The van der Waals surface area contributed by atoms with Gasteiger partial charge in [-0.15, -0.1) is 0 Å². The molecule has 11 aliphatic rings. The highest BCUT2D eigenvalue weighted by molar-refractivity contribution is 5.87. The van der Waals surface area contributed by atoms with Crippen LogP contribution in [0.15, 0.2) is 37.0 Å². The Labute approximate surface area is 290 Å². The second kappa shape index (κ2) is 12.4. The number of fused-ring (bicyclic) bond motifs is 1. The fourth-order valence-electron chi connectivity index (χ4n) is 12.4. The maximum absolute atomic E-state index is 11.8. The van der Waals surface area contributed by atoms with Gasteiger partial charge in [-0.05, 0) is 133 Å². The molecular weight excluding hydrogens is 624 g/mol. The molecular formula is C40H54O9. The van der Waals surface area contributed by atoms with Crippen LogP contribution < -0.4 is 0 Å². The SMILES string of the molecule is C=C(C)C(=O)OC1(C)C2CC3CC(C2)CC1C3.C=C(C)C(=O)OC12CC3CC(CC(O)(C3)C1)C2.C=CC(=O)OC1C2CC3C(=O)OC1C3C2. The average Bonchev–Trinajstić information content (AvgIpc) is 3.64. The molecule has 1 heterocycles. The van der Waals surface area contributed by atoms with E-state index in [1.54, 1.807) is 13.8 Å². The summed E-state index contributed by atoms with van der Waals surface area (Å²) in [5, 5.41) is 10.5. The van der Waals surface area contributed by atoms with E-state index >= 15 is 0 Å². The summed E-state index contributed by atoms with van der Waals surface area (Å²) in [6.07, 6.45) is 14.5. The van der Waals surface area contributed by atoms with Gasteiger partial charge in [-0.2, -0.15) is 0 Å². The maximum Gasteiger partial charge on any atom is 0.333 e. The first-order chi connectivity index (χ1) is 23.1. The van der Waals surface area contributed by atoms with Crippen molar-refractivity contribution in [3.8, 4) is 0 Å². The molecule has 1 aliphatic heterocycles. The Balaban J connectivity index is 0.000000116. The Bertz CT molecular complexity index is 1400. The van der Waals surface area contributed by atoms with Gasteiger partial charge in [0.15, 0.2) is 0 Å². The van der Waals surface area contributed by atoms with E-state index in [0.29, 0.717) is 47.2 Å². The molecule has 0 aromatic rings. The third-order valence-corrected chi connectivity index (χ3v) is 13.9. The van der Waals surface area contributed by atoms with Gasteiger partial charge < -0.3 is 24.1 Å². The van der Waals surface area contributed by atoms with Crippen molar-refractivity contribution in [1.82, 2.24) is 0 Å². The molecule has 0 spiro atoms. The van der Waals surface area contributed by atoms with Gasteiger partial charge in [-0.3, -0.25) is 4.79 Å². The van der Waals surface area contributed by atoms with Crippen LogP contribution in [0.5, 0.6) is 0 Å². The molecule has 11 fully saturated rings. The molecule has 1 N–H and O–H groups in total. The van der Waals surface area contributed by atoms with E-state index in [4.69, 9.17) is 18.9 Å². The molecule has 49 heavy (non-hydrogen) atoms. The molecule has 10 bridgehead atoms. The van der Waals surface area contributed by atoms with Crippen molar-refractivity contribution < 1.29 is 43.2 Å². The molecule has 10 aliphatic carbocycles. The number of carbonyl (C=O) groups excluding carboxylic acids is 4. The Morgan fingerprint density at radius 1 is 0.816 bits per heavy atom. The van der Waals surface area contributed by atoms with E-state index < -0.39 is 17.2 Å². The van der Waals surface area contributed by atoms with Gasteiger partial charge in [0.25, 0.3) is 0 Å². The number of aliphatic hydroxyl groups is 1. The Morgan fingerprint density at radius 3 is 1.90 bits per heavy atom. The zero-order chi connectivity index (χ0) is 35.0. The zero-order valence-corrected chi connectivity index (χ0v) is 29.5. The number of esters is 4. The van der Waals surface area contributed by atoms with Gasteiger partial charge in [0, 0.05) is 35.5 Å². The van der Waals surface area contributed by atoms with Crippen LogP contribution in [0.25, 0.3) is 0 Å². The minimum Gasteiger partial charge on any atom is -0.458 e. The normalized spacial score (nSPS) is 46.4. The van der Waals surface area contributed by atoms with Crippen LogP contribution in [0.4, 0.5) is 0 Å². The summed E-state index contributed by atoms with van der Waals surface area (Å²) in [7, 11) is 0. The van der Waals surface area contributed by atoms with Crippen LogP contribution in [-0.2, 0) is 38.1 Å². The molecule has 9 heteroatoms. The molecule has 7 atom stereocenters. The summed E-state index contributed by atoms with van der Waals surface area (Å²) in [6.45, 7) is 16.3. The van der Waals surface area contributed by atoms with Crippen molar-refractivity contribution in [2.45, 2.75) is 133 Å². The van der Waals surface area contributed by atoms with E-state index in [2.05, 4.69) is 26.7 Å². The summed E-state index contributed by atoms with van der Waals surface area (Å²) in [5.41, 5.74) is -0.189. The second-order valence-corrected chi connectivity index (χ2v) is 17.7. The smallest absolute Gasteiger partial charge is 0.333 e. The van der Waals surface area contributed by atoms with E-state index in [1.165, 1.54) is 38.5 Å². The van der Waals surface area contributed by atoms with Crippen LogP contribution >= 0.6 is 0 Å². The quantitative estimate of drug-likeness (QED) is 0.199. The number of ether oxygens (including phenoxy) is 4. The third-order valence-electron chi connectivity index (χ3n) is 13.9. The fourth-order valence-corrected chi connectivity index (χ4v) is 12.4. The Morgan fingerprint density at radius 2 is 1.37 bits per heavy atom. The fraction of sp³-hybridized carbons (Fsp3) is 0.750.